The molecule has 1 rings (SSSR count). The molecule has 0 heterocycles. The average Bonchev–Trinajstić information content (AvgIpc) is 1.83. The summed E-state index contributed by atoms with van der Waals surface area (Å²) in [6.45, 7) is 4.13. The Morgan fingerprint density at radius 1 is 1.11 bits per heavy atom. The lowest BCUT2D eigenvalue weighted by molar-refractivity contribution is 1.44. The third-order valence-electron chi connectivity index (χ3n) is 1.44. The molecule has 0 bridgehead atoms. The number of hydrogen-bond acceptors (Lipinski definition) is 0. The summed E-state index contributed by atoms with van der Waals surface area (Å²) in [7, 11) is 4.31. The van der Waals surface area contributed by atoms with Crippen LogP contribution in [0.5, 0.6) is 0 Å². The van der Waals surface area contributed by atoms with Gasteiger partial charge >= 0.3 is 0 Å². The summed E-state index contributed by atoms with van der Waals surface area (Å²) >= 11 is 0. The van der Waals surface area contributed by atoms with E-state index in [0.717, 1.165) is 5.30 Å². The Morgan fingerprint density at radius 2 is 1.56 bits per heavy atom. The molecule has 0 aromatic heterocycles. The van der Waals surface area contributed by atoms with Gasteiger partial charge in [0.15, 0.2) is 0 Å². The Labute approximate surface area is 58.5 Å². The molecule has 1 heteroatoms. The molecule has 0 N–H and O–H groups in total. The molecule has 0 spiro atoms. The minimum absolute atomic E-state index is 1.11. The van der Waals surface area contributed by atoms with E-state index in [4.69, 9.17) is 0 Å². The van der Waals surface area contributed by atoms with E-state index in [-0.39, 0.29) is 0 Å². The first-order valence-electron chi connectivity index (χ1n) is 2.97. The average molecular weight is 136 g/mol. The molecule has 0 saturated carbocycles. The zero-order valence-corrected chi connectivity index (χ0v) is 6.57. The van der Waals surface area contributed by atoms with E-state index in [1.165, 1.54) is 11.1 Å². The highest BCUT2D eigenvalue weighted by Crippen LogP contribution is 2.02. The summed E-state index contributed by atoms with van der Waals surface area (Å²) in [6.07, 6.45) is 0. The Balaban J connectivity index is 3.25. The Morgan fingerprint density at radius 3 is 1.89 bits per heavy atom. The molecule has 1 aromatic carbocycles. The standard InChI is InChI=1S/C8H9P/c1-6-4-3-5-7(2)8(6)9/h3-5H,1-2H3/q-2. The van der Waals surface area contributed by atoms with Gasteiger partial charge in [0, 0.05) is 0 Å². The van der Waals surface area contributed by atoms with Crippen molar-refractivity contribution in [3.63, 3.8) is 0 Å². The van der Waals surface area contributed by atoms with Crippen molar-refractivity contribution in [2.45, 2.75) is 13.8 Å². The van der Waals surface area contributed by atoms with Crippen molar-refractivity contribution in [3.05, 3.63) is 29.3 Å². The van der Waals surface area contributed by atoms with E-state index >= 15 is 0 Å². The van der Waals surface area contributed by atoms with Crippen LogP contribution in [0.25, 0.3) is 0 Å². The van der Waals surface area contributed by atoms with Crippen LogP contribution in [-0.4, -0.2) is 0 Å². The molecule has 1 aromatic rings. The zero-order valence-electron chi connectivity index (χ0n) is 5.68. The van der Waals surface area contributed by atoms with Crippen molar-refractivity contribution in [3.8, 4) is 0 Å². The van der Waals surface area contributed by atoms with E-state index in [1.807, 2.05) is 6.07 Å². The van der Waals surface area contributed by atoms with Crippen LogP contribution < -0.4 is 5.30 Å². The van der Waals surface area contributed by atoms with Crippen LogP contribution in [0.2, 0.25) is 0 Å². The molecule has 0 atom stereocenters. The van der Waals surface area contributed by atoms with E-state index < -0.39 is 0 Å². The highest BCUT2D eigenvalue weighted by molar-refractivity contribution is 7.27. The molecule has 0 nitrogen and oxygen atoms in total. The predicted octanol–water partition coefficient (Wildman–Crippen LogP) is 2.34. The molecule has 0 amide bonds. The highest BCUT2D eigenvalue weighted by Gasteiger charge is 1.77. The van der Waals surface area contributed by atoms with E-state index in [0.29, 0.717) is 0 Å². The van der Waals surface area contributed by atoms with Crippen LogP contribution in [0.1, 0.15) is 11.1 Å². The normalized spacial score (nSPS) is 9.67. The van der Waals surface area contributed by atoms with Gasteiger partial charge in [-0.05, 0) is 13.8 Å². The van der Waals surface area contributed by atoms with E-state index in [2.05, 4.69) is 35.2 Å². The molecule has 0 aliphatic carbocycles. The second-order valence-electron chi connectivity index (χ2n) is 2.24. The largest absolute Gasteiger partial charge is 1.45 e. The zero-order chi connectivity index (χ0) is 6.85. The maximum absolute atomic E-state index is 4.31. The summed E-state index contributed by atoms with van der Waals surface area (Å²) in [5.41, 5.74) is 2.50. The molecule has 0 aliphatic heterocycles. The lowest BCUT2D eigenvalue weighted by atomic mass is 10.2. The molecule has 48 valence electrons. The summed E-state index contributed by atoms with van der Waals surface area (Å²) in [4.78, 5) is 0. The Kier molecular flexibility index (Phi) is 1.87. The van der Waals surface area contributed by atoms with Gasteiger partial charge in [-0.1, -0.05) is 18.2 Å². The first-order chi connectivity index (χ1) is 4.22. The lowest BCUT2D eigenvalue weighted by Crippen LogP contribution is -1.99. The van der Waals surface area contributed by atoms with Crippen LogP contribution in [0.15, 0.2) is 18.2 Å². The minimum atomic E-state index is 1.11. The van der Waals surface area contributed by atoms with Gasteiger partial charge in [0.1, 0.15) is 0 Å². The highest BCUT2D eigenvalue weighted by atomic mass is 31.0. The van der Waals surface area contributed by atoms with Crippen molar-refractivity contribution < 1.29 is 0 Å². The van der Waals surface area contributed by atoms with Crippen LogP contribution in [0, 0.1) is 13.8 Å². The van der Waals surface area contributed by atoms with E-state index in [9.17, 15) is 0 Å². The molecule has 0 saturated heterocycles. The molecule has 0 aliphatic rings. The van der Waals surface area contributed by atoms with Crippen molar-refractivity contribution >= 4 is 14.5 Å². The quantitative estimate of drug-likeness (QED) is 0.480. The summed E-state index contributed by atoms with van der Waals surface area (Å²) in [5, 5.41) is 1.11. The fourth-order valence-corrected chi connectivity index (χ4v) is 0.955. The van der Waals surface area contributed by atoms with Gasteiger partial charge in [-0.15, -0.1) is 11.1 Å². The topological polar surface area (TPSA) is 0 Å². The monoisotopic (exact) mass is 136 g/mol. The van der Waals surface area contributed by atoms with Gasteiger partial charge in [0.25, 0.3) is 0 Å². The predicted molar refractivity (Wildman–Crippen MR) is 42.5 cm³/mol. The first-order valence-corrected chi connectivity index (χ1v) is 3.41. The second kappa shape index (κ2) is 2.49. The fraction of sp³-hybridized carbons (Fsp3) is 0.250. The van der Waals surface area contributed by atoms with Crippen molar-refractivity contribution in [1.82, 2.24) is 0 Å². The molecule has 0 unspecified atom stereocenters. The van der Waals surface area contributed by atoms with Crippen molar-refractivity contribution in [1.29, 1.82) is 0 Å². The second-order valence-corrected chi connectivity index (χ2v) is 2.69. The molecule has 9 heavy (non-hydrogen) atoms. The van der Waals surface area contributed by atoms with Crippen molar-refractivity contribution in [2.75, 3.05) is 0 Å². The Hall–Kier alpha value is -0.350. The molecular formula is C8H9P-2. The van der Waals surface area contributed by atoms with Gasteiger partial charge in [-0.3, -0.25) is 0 Å². The van der Waals surface area contributed by atoms with Gasteiger partial charge in [0.05, 0.1) is 0 Å². The maximum Gasteiger partial charge on any atom is -0.0442 e. The fourth-order valence-electron chi connectivity index (χ4n) is 0.806. The number of rotatable bonds is 0. The van der Waals surface area contributed by atoms with Gasteiger partial charge in [0.2, 0.25) is 0 Å². The SMILES string of the molecule is Cc1cccc(C)c1[P-2]. The van der Waals surface area contributed by atoms with Gasteiger partial charge < -0.3 is 14.5 Å². The molecule has 0 fully saturated rings. The molecule has 0 radical (unpaired) electrons. The maximum atomic E-state index is 4.31. The van der Waals surface area contributed by atoms with Crippen LogP contribution in [0.3, 0.4) is 0 Å². The first kappa shape index (κ1) is 6.77. The molecular weight excluding hydrogens is 127 g/mol. The Bertz CT molecular complexity index is 196. The number of aryl methyl sites for hydroxylation is 2. The van der Waals surface area contributed by atoms with Crippen molar-refractivity contribution in [2.24, 2.45) is 0 Å². The summed E-state index contributed by atoms with van der Waals surface area (Å²) in [6, 6.07) is 6.18. The summed E-state index contributed by atoms with van der Waals surface area (Å²) < 4.78 is 0. The minimum Gasteiger partial charge on any atom is -1.45 e. The smallest absolute Gasteiger partial charge is 0.0442 e. The van der Waals surface area contributed by atoms with Crippen LogP contribution >= 0.6 is 9.24 Å². The van der Waals surface area contributed by atoms with Crippen LogP contribution in [-0.2, 0) is 0 Å². The number of benzene rings is 1. The number of hydrogen-bond donors (Lipinski definition) is 0. The van der Waals surface area contributed by atoms with E-state index in [1.54, 1.807) is 0 Å². The lowest BCUT2D eigenvalue weighted by Gasteiger charge is -2.39. The summed E-state index contributed by atoms with van der Waals surface area (Å²) in [5.74, 6) is 0. The third-order valence-corrected chi connectivity index (χ3v) is 2.14. The third kappa shape index (κ3) is 1.31. The van der Waals surface area contributed by atoms with Gasteiger partial charge in [-0.2, -0.15) is 0 Å². The van der Waals surface area contributed by atoms with Crippen LogP contribution in [0.4, 0.5) is 0 Å². The van der Waals surface area contributed by atoms with Gasteiger partial charge in [-0.25, -0.2) is 0 Å².